The number of aliphatic carboxylic acids is 1. The van der Waals surface area contributed by atoms with E-state index in [0.29, 0.717) is 5.92 Å². The molecular weight excluding hydrogens is 329 g/mol. The highest BCUT2D eigenvalue weighted by Crippen LogP contribution is 2.68. The van der Waals surface area contributed by atoms with E-state index in [1.807, 2.05) is 19.2 Å². The number of rotatable bonds is 3. The average Bonchev–Trinajstić information content (AvgIpc) is 2.97. The lowest BCUT2D eigenvalue weighted by molar-refractivity contribution is -0.143. The quantitative estimate of drug-likeness (QED) is 0.802. The minimum atomic E-state index is -0.686. The second-order valence-corrected chi connectivity index (χ2v) is 9.08. The molecule has 2 aliphatic carbocycles. The van der Waals surface area contributed by atoms with Crippen molar-refractivity contribution in [2.45, 2.75) is 52.4 Å². The molecule has 2 saturated carbocycles. The van der Waals surface area contributed by atoms with Crippen LogP contribution < -0.4 is 0 Å². The summed E-state index contributed by atoms with van der Waals surface area (Å²) in [4.78, 5) is 15.8. The average molecular weight is 355 g/mol. The van der Waals surface area contributed by atoms with Gasteiger partial charge in [-0.1, -0.05) is 20.8 Å². The van der Waals surface area contributed by atoms with Crippen molar-refractivity contribution in [3.05, 3.63) is 41.8 Å². The van der Waals surface area contributed by atoms with Gasteiger partial charge in [0.1, 0.15) is 5.82 Å². The van der Waals surface area contributed by atoms with Crippen LogP contribution in [0.1, 0.15) is 57.9 Å². The molecule has 0 bridgehead atoms. The number of pyridine rings is 1. The molecule has 4 heteroatoms. The number of benzene rings is 1. The largest absolute Gasteiger partial charge is 0.481 e. The molecule has 0 radical (unpaired) electrons. The predicted molar refractivity (Wildman–Crippen MR) is 99.4 cm³/mol. The Morgan fingerprint density at radius 3 is 2.46 bits per heavy atom. The number of fused-ring (bicyclic) bond motifs is 2. The molecule has 5 atom stereocenters. The highest BCUT2D eigenvalue weighted by molar-refractivity contribution is 5.82. The normalized spacial score (nSPS) is 34.8. The van der Waals surface area contributed by atoms with Crippen LogP contribution in [-0.4, -0.2) is 16.1 Å². The van der Waals surface area contributed by atoms with Crippen LogP contribution in [0.5, 0.6) is 0 Å². The van der Waals surface area contributed by atoms with Crippen LogP contribution in [0.4, 0.5) is 4.39 Å². The fraction of sp³-hybridized carbons (Fsp3) is 0.545. The van der Waals surface area contributed by atoms with Gasteiger partial charge in [0, 0.05) is 11.6 Å². The van der Waals surface area contributed by atoms with Crippen molar-refractivity contribution in [2.24, 2.45) is 22.7 Å². The van der Waals surface area contributed by atoms with Crippen LogP contribution in [-0.2, 0) is 4.79 Å². The first-order chi connectivity index (χ1) is 12.2. The van der Waals surface area contributed by atoms with E-state index in [-0.39, 0.29) is 28.5 Å². The Kier molecular flexibility index (Phi) is 3.87. The molecule has 138 valence electrons. The zero-order chi connectivity index (χ0) is 18.7. The third-order valence-corrected chi connectivity index (χ3v) is 7.55. The molecule has 1 aromatic heterocycles. The molecule has 0 saturated heterocycles. The summed E-state index contributed by atoms with van der Waals surface area (Å²) in [6.07, 6.45) is 5.81. The van der Waals surface area contributed by atoms with E-state index in [1.165, 1.54) is 11.6 Å². The first kappa shape index (κ1) is 17.4. The molecule has 2 aromatic rings. The van der Waals surface area contributed by atoms with Crippen LogP contribution in [0, 0.1) is 28.5 Å². The maximum Gasteiger partial charge on any atom is 0.306 e. The minimum absolute atomic E-state index is 0.134. The van der Waals surface area contributed by atoms with Crippen LogP contribution in [0.25, 0.3) is 10.9 Å². The first-order valence-corrected chi connectivity index (χ1v) is 9.49. The predicted octanol–water partition coefficient (Wildman–Crippen LogP) is 5.39. The molecule has 2 aliphatic rings. The van der Waals surface area contributed by atoms with E-state index < -0.39 is 5.97 Å². The monoisotopic (exact) mass is 355 g/mol. The molecule has 0 aliphatic heterocycles. The van der Waals surface area contributed by atoms with Crippen molar-refractivity contribution < 1.29 is 14.3 Å². The Morgan fingerprint density at radius 2 is 1.85 bits per heavy atom. The van der Waals surface area contributed by atoms with Gasteiger partial charge >= 0.3 is 5.97 Å². The van der Waals surface area contributed by atoms with E-state index in [9.17, 15) is 14.3 Å². The molecule has 3 unspecified atom stereocenters. The summed E-state index contributed by atoms with van der Waals surface area (Å²) < 4.78 is 13.8. The summed E-state index contributed by atoms with van der Waals surface area (Å²) >= 11 is 0. The third kappa shape index (κ3) is 2.53. The number of aromatic nitrogens is 1. The van der Waals surface area contributed by atoms with Crippen molar-refractivity contribution in [2.75, 3.05) is 0 Å². The van der Waals surface area contributed by atoms with Crippen molar-refractivity contribution in [1.29, 1.82) is 0 Å². The Balaban J connectivity index is 1.66. The fourth-order valence-corrected chi connectivity index (χ4v) is 5.81. The van der Waals surface area contributed by atoms with Gasteiger partial charge in [-0.05, 0) is 78.2 Å². The summed E-state index contributed by atoms with van der Waals surface area (Å²) in [5.41, 5.74) is 2.30. The first-order valence-electron chi connectivity index (χ1n) is 9.49. The van der Waals surface area contributed by atoms with Gasteiger partial charge in [0.2, 0.25) is 0 Å². The molecule has 3 nitrogen and oxygen atoms in total. The lowest BCUT2D eigenvalue weighted by Crippen LogP contribution is -2.25. The standard InChI is InChI=1S/C22H26FNO2/c1-13(20(25)26)14-9-21(2)11-15(12-22(21,3)10-14)17-6-7-24-19-5-4-16(23)8-18(17)19/h4-8,13-15H,9-12H2,1-3H3,(H,25,26)/t13?,14?,15?,21-,22+. The SMILES string of the molecule is CC(C(=O)O)C1C[C@]2(C)CC(c3ccnc4ccc(F)cc34)C[C@]2(C)C1. The van der Waals surface area contributed by atoms with E-state index >= 15 is 0 Å². The highest BCUT2D eigenvalue weighted by atomic mass is 19.1. The minimum Gasteiger partial charge on any atom is -0.481 e. The Bertz CT molecular complexity index is 862. The van der Waals surface area contributed by atoms with Crippen LogP contribution in [0.2, 0.25) is 0 Å². The summed E-state index contributed by atoms with van der Waals surface area (Å²) in [6.45, 7) is 6.49. The number of hydrogen-bond acceptors (Lipinski definition) is 2. The van der Waals surface area contributed by atoms with Crippen molar-refractivity contribution >= 4 is 16.9 Å². The number of halogens is 1. The molecule has 1 heterocycles. The van der Waals surface area contributed by atoms with E-state index in [4.69, 9.17) is 0 Å². The summed E-state index contributed by atoms with van der Waals surface area (Å²) in [5.74, 6) is -0.580. The lowest BCUT2D eigenvalue weighted by atomic mass is 9.71. The maximum absolute atomic E-state index is 13.8. The molecule has 0 amide bonds. The summed E-state index contributed by atoms with van der Waals surface area (Å²) in [5, 5.41) is 10.3. The number of nitrogens with zero attached hydrogens (tertiary/aromatic N) is 1. The van der Waals surface area contributed by atoms with Gasteiger partial charge in [-0.3, -0.25) is 9.78 Å². The number of carboxylic acids is 1. The smallest absolute Gasteiger partial charge is 0.306 e. The Labute approximate surface area is 153 Å². The molecule has 2 fully saturated rings. The van der Waals surface area contributed by atoms with E-state index in [1.54, 1.807) is 12.1 Å². The van der Waals surface area contributed by atoms with Gasteiger partial charge in [0.15, 0.2) is 0 Å². The van der Waals surface area contributed by atoms with Gasteiger partial charge in [-0.2, -0.15) is 0 Å². The Hall–Kier alpha value is -1.97. The maximum atomic E-state index is 13.8. The molecule has 0 spiro atoms. The molecule has 1 N–H and O–H groups in total. The van der Waals surface area contributed by atoms with Crippen LogP contribution in [0.3, 0.4) is 0 Å². The number of hydrogen-bond donors (Lipinski definition) is 1. The van der Waals surface area contributed by atoms with Gasteiger partial charge in [0.25, 0.3) is 0 Å². The van der Waals surface area contributed by atoms with Gasteiger partial charge in [-0.25, -0.2) is 4.39 Å². The number of carbonyl (C=O) groups is 1. The van der Waals surface area contributed by atoms with Crippen molar-refractivity contribution in [1.82, 2.24) is 4.98 Å². The molecular formula is C22H26FNO2. The van der Waals surface area contributed by atoms with Gasteiger partial charge in [-0.15, -0.1) is 0 Å². The number of carboxylic acid groups (broad SMARTS) is 1. The van der Waals surface area contributed by atoms with Gasteiger partial charge in [0.05, 0.1) is 11.4 Å². The zero-order valence-electron chi connectivity index (χ0n) is 15.6. The molecule has 4 rings (SSSR count). The summed E-state index contributed by atoms with van der Waals surface area (Å²) in [6, 6.07) is 6.85. The lowest BCUT2D eigenvalue weighted by Gasteiger charge is -2.34. The fourth-order valence-electron chi connectivity index (χ4n) is 5.81. The Morgan fingerprint density at radius 1 is 1.19 bits per heavy atom. The second-order valence-electron chi connectivity index (χ2n) is 9.08. The van der Waals surface area contributed by atoms with Crippen LogP contribution in [0.15, 0.2) is 30.5 Å². The topological polar surface area (TPSA) is 50.2 Å². The van der Waals surface area contributed by atoms with E-state index in [0.717, 1.165) is 36.6 Å². The second kappa shape index (κ2) is 5.77. The van der Waals surface area contributed by atoms with Gasteiger partial charge < -0.3 is 5.11 Å². The van der Waals surface area contributed by atoms with Crippen molar-refractivity contribution in [3.63, 3.8) is 0 Å². The van der Waals surface area contributed by atoms with Crippen LogP contribution >= 0.6 is 0 Å². The highest BCUT2D eigenvalue weighted by Gasteiger charge is 2.59. The molecule has 1 aromatic carbocycles. The van der Waals surface area contributed by atoms with Crippen molar-refractivity contribution in [3.8, 4) is 0 Å². The molecule has 26 heavy (non-hydrogen) atoms. The third-order valence-electron chi connectivity index (χ3n) is 7.55. The van der Waals surface area contributed by atoms with E-state index in [2.05, 4.69) is 18.8 Å². The summed E-state index contributed by atoms with van der Waals surface area (Å²) in [7, 11) is 0. The zero-order valence-corrected chi connectivity index (χ0v) is 15.6.